The molecule has 0 saturated carbocycles. The number of halogens is 4. The maximum Gasteiger partial charge on any atom is 0.303 e. The number of likely N-dealkylation sites (tertiary alicyclic amines) is 1. The van der Waals surface area contributed by atoms with Crippen molar-refractivity contribution in [1.82, 2.24) is 9.88 Å². The summed E-state index contributed by atoms with van der Waals surface area (Å²) in [6.07, 6.45) is 2.50. The number of aromatic nitrogens is 1. The minimum atomic E-state index is -1.54. The third-order valence-corrected chi connectivity index (χ3v) is 7.73. The van der Waals surface area contributed by atoms with Gasteiger partial charge in [-0.05, 0) is 62.4 Å². The Bertz CT molecular complexity index is 1310. The van der Waals surface area contributed by atoms with Gasteiger partial charge in [-0.15, -0.1) is 0 Å². The Morgan fingerprint density at radius 3 is 2.49 bits per heavy atom. The van der Waals surface area contributed by atoms with Gasteiger partial charge in [-0.25, -0.2) is 13.2 Å². The summed E-state index contributed by atoms with van der Waals surface area (Å²) in [5.74, 6) is -4.57. The first kappa shape index (κ1) is 28.9. The van der Waals surface area contributed by atoms with Gasteiger partial charge in [0.05, 0.1) is 30.2 Å². The zero-order valence-electron chi connectivity index (χ0n) is 21.4. The molecule has 3 aromatic rings. The second kappa shape index (κ2) is 12.4. The van der Waals surface area contributed by atoms with E-state index in [1.54, 1.807) is 25.3 Å². The summed E-state index contributed by atoms with van der Waals surface area (Å²) in [7, 11) is 1.55. The lowest BCUT2D eigenvalue weighted by molar-refractivity contribution is -0.141. The van der Waals surface area contributed by atoms with Crippen LogP contribution in [0.15, 0.2) is 36.5 Å². The lowest BCUT2D eigenvalue weighted by atomic mass is 9.71. The Balaban J connectivity index is 1.38. The lowest BCUT2D eigenvalue weighted by Gasteiger charge is -2.41. The van der Waals surface area contributed by atoms with Gasteiger partial charge in [-0.2, -0.15) is 0 Å². The molecule has 39 heavy (non-hydrogen) atoms. The number of hydrogen-bond acceptors (Lipinski definition) is 6. The molecule has 1 aliphatic rings. The molecule has 0 aliphatic carbocycles. The number of methoxy groups -OCH3 is 1. The highest BCUT2D eigenvalue weighted by atomic mass is 35.5. The highest BCUT2D eigenvalue weighted by Crippen LogP contribution is 2.43. The SMILES string of the molecule is COc1ccc2ncc(Cl)c([C@@H](O)CCC3(CC(=O)O)CCN(CCOc4cc(F)c(F)c(F)c4)CC3)c2c1. The number of piperidine rings is 1. The predicted octanol–water partition coefficient (Wildman–Crippen LogP) is 5.76. The first-order valence-corrected chi connectivity index (χ1v) is 13.0. The molecule has 2 aromatic carbocycles. The monoisotopic (exact) mass is 566 g/mol. The first-order chi connectivity index (χ1) is 18.6. The average Bonchev–Trinajstić information content (AvgIpc) is 2.90. The molecule has 1 aliphatic heterocycles. The molecule has 0 bridgehead atoms. The molecule has 210 valence electrons. The van der Waals surface area contributed by atoms with Gasteiger partial charge in [0.2, 0.25) is 0 Å². The van der Waals surface area contributed by atoms with Crippen LogP contribution in [0.3, 0.4) is 0 Å². The highest BCUT2D eigenvalue weighted by molar-refractivity contribution is 6.32. The number of ether oxygens (including phenoxy) is 2. The number of aliphatic hydroxyl groups is 1. The fourth-order valence-corrected chi connectivity index (χ4v) is 5.49. The number of hydrogen-bond donors (Lipinski definition) is 2. The van der Waals surface area contributed by atoms with Gasteiger partial charge < -0.3 is 19.7 Å². The number of rotatable bonds is 11. The largest absolute Gasteiger partial charge is 0.497 e. The van der Waals surface area contributed by atoms with Crippen LogP contribution in [0.2, 0.25) is 5.02 Å². The molecule has 0 unspecified atom stereocenters. The maximum absolute atomic E-state index is 13.4. The summed E-state index contributed by atoms with van der Waals surface area (Å²) in [5, 5.41) is 21.8. The Labute approximate surface area is 229 Å². The Hall–Kier alpha value is -3.08. The van der Waals surface area contributed by atoms with Crippen molar-refractivity contribution in [3.63, 3.8) is 0 Å². The Morgan fingerprint density at radius 1 is 1.15 bits per heavy atom. The van der Waals surface area contributed by atoms with E-state index in [2.05, 4.69) is 9.88 Å². The minimum absolute atomic E-state index is 0.0309. The van der Waals surface area contributed by atoms with Crippen molar-refractivity contribution in [3.05, 3.63) is 64.6 Å². The quantitative estimate of drug-likeness (QED) is 0.285. The summed E-state index contributed by atoms with van der Waals surface area (Å²) >= 11 is 6.43. The Morgan fingerprint density at radius 2 is 1.85 bits per heavy atom. The summed E-state index contributed by atoms with van der Waals surface area (Å²) in [6.45, 7) is 1.77. The van der Waals surface area contributed by atoms with E-state index in [1.807, 2.05) is 0 Å². The zero-order valence-corrected chi connectivity index (χ0v) is 22.2. The summed E-state index contributed by atoms with van der Waals surface area (Å²) < 4.78 is 50.6. The number of pyridine rings is 1. The van der Waals surface area contributed by atoms with Gasteiger partial charge in [-0.1, -0.05) is 11.6 Å². The number of carboxylic acid groups (broad SMARTS) is 1. The van der Waals surface area contributed by atoms with Crippen LogP contribution in [-0.4, -0.2) is 59.4 Å². The van der Waals surface area contributed by atoms with Crippen LogP contribution in [0.1, 0.15) is 43.8 Å². The molecule has 0 spiro atoms. The maximum atomic E-state index is 13.4. The zero-order chi connectivity index (χ0) is 28.2. The van der Waals surface area contributed by atoms with Crippen molar-refractivity contribution in [2.75, 3.05) is 33.4 Å². The fourth-order valence-electron chi connectivity index (χ4n) is 5.22. The van der Waals surface area contributed by atoms with Crippen LogP contribution >= 0.6 is 11.6 Å². The van der Waals surface area contributed by atoms with Crippen LogP contribution < -0.4 is 9.47 Å². The van der Waals surface area contributed by atoms with Crippen molar-refractivity contribution in [2.45, 2.75) is 38.2 Å². The molecule has 1 fully saturated rings. The van der Waals surface area contributed by atoms with Crippen LogP contribution in [-0.2, 0) is 4.79 Å². The van der Waals surface area contributed by atoms with E-state index in [0.717, 1.165) is 12.1 Å². The van der Waals surface area contributed by atoms with Crippen molar-refractivity contribution < 1.29 is 37.7 Å². The van der Waals surface area contributed by atoms with Crippen molar-refractivity contribution in [2.24, 2.45) is 5.41 Å². The third-order valence-electron chi connectivity index (χ3n) is 7.43. The van der Waals surface area contributed by atoms with Crippen LogP contribution in [0, 0.1) is 22.9 Å². The number of aliphatic hydroxyl groups excluding tert-OH is 1. The molecule has 4 rings (SSSR count). The number of aliphatic carboxylic acids is 1. The number of carboxylic acids is 1. The molecular weight excluding hydrogens is 537 g/mol. The molecular formula is C28H30ClF3N2O5. The normalized spacial score (nSPS) is 16.3. The van der Waals surface area contributed by atoms with E-state index in [4.69, 9.17) is 21.1 Å². The molecule has 7 nitrogen and oxygen atoms in total. The van der Waals surface area contributed by atoms with Crippen molar-refractivity contribution in [1.29, 1.82) is 0 Å². The molecule has 11 heteroatoms. The van der Waals surface area contributed by atoms with Gasteiger partial charge in [0.15, 0.2) is 17.5 Å². The van der Waals surface area contributed by atoms with Gasteiger partial charge in [0.1, 0.15) is 18.1 Å². The smallest absolute Gasteiger partial charge is 0.303 e. The van der Waals surface area contributed by atoms with E-state index >= 15 is 0 Å². The molecule has 2 N–H and O–H groups in total. The Kier molecular flexibility index (Phi) is 9.19. The molecule has 1 aromatic heterocycles. The van der Waals surface area contributed by atoms with Gasteiger partial charge in [0, 0.05) is 35.8 Å². The minimum Gasteiger partial charge on any atom is -0.497 e. The van der Waals surface area contributed by atoms with Crippen LogP contribution in [0.25, 0.3) is 10.9 Å². The van der Waals surface area contributed by atoms with E-state index in [0.29, 0.717) is 72.6 Å². The van der Waals surface area contributed by atoms with Crippen molar-refractivity contribution >= 4 is 28.5 Å². The second-order valence-corrected chi connectivity index (χ2v) is 10.3. The molecule has 1 saturated heterocycles. The molecule has 1 atom stereocenters. The van der Waals surface area contributed by atoms with Crippen LogP contribution in [0.5, 0.6) is 11.5 Å². The number of nitrogens with zero attached hydrogens (tertiary/aromatic N) is 2. The summed E-state index contributed by atoms with van der Waals surface area (Å²) in [4.78, 5) is 18.1. The van der Waals surface area contributed by atoms with Crippen LogP contribution in [0.4, 0.5) is 13.2 Å². The molecule has 0 amide bonds. The predicted molar refractivity (Wildman–Crippen MR) is 140 cm³/mol. The third kappa shape index (κ3) is 6.93. The molecule has 0 radical (unpaired) electrons. The summed E-state index contributed by atoms with van der Waals surface area (Å²) in [6, 6.07) is 6.93. The van der Waals surface area contributed by atoms with E-state index in [1.165, 1.54) is 6.20 Å². The van der Waals surface area contributed by atoms with Gasteiger partial charge >= 0.3 is 5.97 Å². The standard InChI is InChI=1S/C28H30ClF3N2O5/c1-38-17-2-3-23-19(12-17)26(20(29)16-33-23)24(35)4-5-28(15-25(36)37)6-8-34(9-7-28)10-11-39-18-13-21(30)27(32)22(31)14-18/h2-3,12-14,16,24,35H,4-11,15H2,1H3,(H,36,37)/t24-/m0/s1. The average molecular weight is 567 g/mol. The van der Waals surface area contributed by atoms with E-state index < -0.39 is 34.9 Å². The van der Waals surface area contributed by atoms with Gasteiger partial charge in [-0.3, -0.25) is 14.7 Å². The fraction of sp³-hybridized carbons (Fsp3) is 0.429. The van der Waals surface area contributed by atoms with E-state index in [9.17, 15) is 28.2 Å². The number of benzene rings is 2. The number of fused-ring (bicyclic) bond motifs is 1. The topological polar surface area (TPSA) is 92.1 Å². The highest BCUT2D eigenvalue weighted by Gasteiger charge is 2.37. The second-order valence-electron chi connectivity index (χ2n) is 9.92. The number of carbonyl (C=O) groups is 1. The van der Waals surface area contributed by atoms with Gasteiger partial charge in [0.25, 0.3) is 0 Å². The lowest BCUT2D eigenvalue weighted by Crippen LogP contribution is -2.42. The molecule has 2 heterocycles. The first-order valence-electron chi connectivity index (χ1n) is 12.6. The van der Waals surface area contributed by atoms with Crippen molar-refractivity contribution in [3.8, 4) is 11.5 Å². The summed E-state index contributed by atoms with van der Waals surface area (Å²) in [5.41, 5.74) is 0.686. The van der Waals surface area contributed by atoms with E-state index in [-0.39, 0.29) is 18.8 Å².